The van der Waals surface area contributed by atoms with Crippen LogP contribution in [0.1, 0.15) is 78.9 Å². The number of hydrogen-bond donors (Lipinski definition) is 1. The Morgan fingerprint density at radius 2 is 1.72 bits per heavy atom. The monoisotopic (exact) mass is 641 g/mol. The number of aromatic nitrogens is 1. The molecule has 47 heavy (non-hydrogen) atoms. The molecule has 3 atom stereocenters. The van der Waals surface area contributed by atoms with Crippen LogP contribution in [0.2, 0.25) is 0 Å². The van der Waals surface area contributed by atoms with Crippen molar-refractivity contribution < 1.29 is 22.7 Å². The number of fused-ring (bicyclic) bond motifs is 2. The number of hydrogen-bond acceptors (Lipinski definition) is 4. The van der Waals surface area contributed by atoms with Crippen molar-refractivity contribution in [2.24, 2.45) is 17.8 Å². The molecule has 1 N–H and O–H groups in total. The van der Waals surface area contributed by atoms with Crippen molar-refractivity contribution in [2.45, 2.75) is 77.6 Å². The molecular formula is C39H42F3N3O2. The largest absolute Gasteiger partial charge is 0.494 e. The molecular weight excluding hydrogens is 599 g/mol. The Morgan fingerprint density at radius 3 is 2.47 bits per heavy atom. The number of carbonyl (C=O) groups excluding carboxylic acids is 1. The molecule has 0 spiro atoms. The van der Waals surface area contributed by atoms with Crippen LogP contribution in [0.15, 0.2) is 66.7 Å². The van der Waals surface area contributed by atoms with E-state index in [0.29, 0.717) is 46.8 Å². The number of alkyl halides is 3. The molecule has 2 aliphatic carbocycles. The molecule has 3 aliphatic rings. The summed E-state index contributed by atoms with van der Waals surface area (Å²) in [6.45, 7) is 5.66. The molecule has 246 valence electrons. The SMILES string of the molecule is CCOc1cc(-c2ccc3nc(NCc4ccc(C(F)(F)F)cc4)cc(C(=O)N4CC5CC5C4CC4CCCCC4)c3c2)ccc1C. The minimum atomic E-state index is -4.38. The highest BCUT2D eigenvalue weighted by atomic mass is 19.4. The maximum atomic E-state index is 14.6. The molecule has 5 nitrogen and oxygen atoms in total. The van der Waals surface area contributed by atoms with Gasteiger partial charge in [-0.3, -0.25) is 4.79 Å². The van der Waals surface area contributed by atoms with Crippen LogP contribution in [-0.2, 0) is 12.7 Å². The van der Waals surface area contributed by atoms with Crippen LogP contribution in [0.5, 0.6) is 5.75 Å². The van der Waals surface area contributed by atoms with Gasteiger partial charge in [0.25, 0.3) is 5.91 Å². The summed E-state index contributed by atoms with van der Waals surface area (Å²) in [6, 6.07) is 19.4. The van der Waals surface area contributed by atoms with E-state index < -0.39 is 11.7 Å². The Kier molecular flexibility index (Phi) is 8.62. The number of likely N-dealkylation sites (tertiary alicyclic amines) is 1. The maximum absolute atomic E-state index is 14.6. The Hall–Kier alpha value is -4.07. The van der Waals surface area contributed by atoms with E-state index in [-0.39, 0.29) is 18.5 Å². The molecule has 3 aromatic carbocycles. The van der Waals surface area contributed by atoms with Crippen molar-refractivity contribution in [3.05, 3.63) is 89.0 Å². The summed E-state index contributed by atoms with van der Waals surface area (Å²) in [7, 11) is 0. The van der Waals surface area contributed by atoms with E-state index >= 15 is 0 Å². The number of pyridine rings is 1. The van der Waals surface area contributed by atoms with E-state index in [4.69, 9.17) is 9.72 Å². The Balaban J connectivity index is 1.23. The minimum absolute atomic E-state index is 0.0408. The number of ether oxygens (including phenoxy) is 1. The average Bonchev–Trinajstić information content (AvgIpc) is 3.76. The first kappa shape index (κ1) is 31.5. The third-order valence-corrected chi connectivity index (χ3v) is 10.5. The summed E-state index contributed by atoms with van der Waals surface area (Å²) in [4.78, 5) is 21.6. The third kappa shape index (κ3) is 6.69. The number of halogens is 3. The molecule has 1 aliphatic heterocycles. The molecule has 4 aromatic rings. The number of carbonyl (C=O) groups is 1. The number of amides is 1. The number of nitrogens with one attached hydrogen (secondary N) is 1. The summed E-state index contributed by atoms with van der Waals surface area (Å²) >= 11 is 0. The van der Waals surface area contributed by atoms with Gasteiger partial charge in [0.1, 0.15) is 11.6 Å². The van der Waals surface area contributed by atoms with Crippen molar-refractivity contribution >= 4 is 22.6 Å². The van der Waals surface area contributed by atoms with Gasteiger partial charge in [-0.25, -0.2) is 4.98 Å². The predicted molar refractivity (Wildman–Crippen MR) is 179 cm³/mol. The lowest BCUT2D eigenvalue weighted by Crippen LogP contribution is -2.40. The first-order chi connectivity index (χ1) is 22.7. The fraction of sp³-hybridized carbons (Fsp3) is 0.436. The van der Waals surface area contributed by atoms with Gasteiger partial charge in [0, 0.05) is 24.5 Å². The minimum Gasteiger partial charge on any atom is -0.494 e. The normalized spacial score (nSPS) is 21.1. The van der Waals surface area contributed by atoms with Gasteiger partial charge < -0.3 is 15.0 Å². The standard InChI is InChI=1S/C39H42F3N3O2/c1-3-47-36-20-28(12-9-24(36)2)27-13-16-34-32(18-27)33(21-37(44-34)43-22-26-10-14-30(15-11-26)39(40,41)42)38(46)45-23-29-19-31(29)35(45)17-25-7-5-4-6-8-25/h9-16,18,20-21,25,29,31,35H,3-8,17,19,22-23H2,1-2H3,(H,43,44). The van der Waals surface area contributed by atoms with Crippen molar-refractivity contribution in [2.75, 3.05) is 18.5 Å². The number of aryl methyl sites for hydroxylation is 1. The van der Waals surface area contributed by atoms with Gasteiger partial charge in [0.2, 0.25) is 0 Å². The highest BCUT2D eigenvalue weighted by Gasteiger charge is 2.54. The third-order valence-electron chi connectivity index (χ3n) is 10.5. The second-order valence-corrected chi connectivity index (χ2v) is 13.7. The number of rotatable bonds is 9. The summed E-state index contributed by atoms with van der Waals surface area (Å²) < 4.78 is 45.1. The van der Waals surface area contributed by atoms with Crippen LogP contribution in [0, 0.1) is 24.7 Å². The van der Waals surface area contributed by atoms with E-state index in [0.717, 1.165) is 52.9 Å². The first-order valence-electron chi connectivity index (χ1n) is 17.1. The highest BCUT2D eigenvalue weighted by molar-refractivity contribution is 6.08. The maximum Gasteiger partial charge on any atom is 0.416 e. The van der Waals surface area contributed by atoms with Gasteiger partial charge in [0.15, 0.2) is 0 Å². The second kappa shape index (κ2) is 12.9. The van der Waals surface area contributed by atoms with Crippen LogP contribution in [0.25, 0.3) is 22.0 Å². The van der Waals surface area contributed by atoms with Crippen molar-refractivity contribution in [1.82, 2.24) is 9.88 Å². The Bertz CT molecular complexity index is 1760. The molecule has 2 saturated carbocycles. The van der Waals surface area contributed by atoms with Crippen molar-refractivity contribution in [3.63, 3.8) is 0 Å². The molecule has 3 fully saturated rings. The fourth-order valence-electron chi connectivity index (χ4n) is 7.79. The molecule has 7 rings (SSSR count). The molecule has 0 radical (unpaired) electrons. The molecule has 8 heteroatoms. The zero-order valence-electron chi connectivity index (χ0n) is 27.1. The predicted octanol–water partition coefficient (Wildman–Crippen LogP) is 9.67. The van der Waals surface area contributed by atoms with Crippen LogP contribution in [-0.4, -0.2) is 35.0 Å². The first-order valence-corrected chi connectivity index (χ1v) is 17.1. The summed E-state index contributed by atoms with van der Waals surface area (Å²) in [6.07, 6.45) is 4.34. The molecule has 0 bridgehead atoms. The van der Waals surface area contributed by atoms with Crippen LogP contribution < -0.4 is 10.1 Å². The fourth-order valence-corrected chi connectivity index (χ4v) is 7.79. The average molecular weight is 642 g/mol. The topological polar surface area (TPSA) is 54.5 Å². The summed E-state index contributed by atoms with van der Waals surface area (Å²) in [5.74, 6) is 3.29. The summed E-state index contributed by atoms with van der Waals surface area (Å²) in [5, 5.41) is 4.08. The zero-order chi connectivity index (χ0) is 32.7. The lowest BCUT2D eigenvalue weighted by atomic mass is 9.83. The van der Waals surface area contributed by atoms with Gasteiger partial charge in [-0.15, -0.1) is 0 Å². The molecule has 1 aromatic heterocycles. The van der Waals surface area contributed by atoms with Gasteiger partial charge in [-0.1, -0.05) is 62.4 Å². The Labute approximate surface area is 274 Å². The van der Waals surface area contributed by atoms with Gasteiger partial charge >= 0.3 is 6.18 Å². The highest BCUT2D eigenvalue weighted by Crippen LogP contribution is 2.52. The summed E-state index contributed by atoms with van der Waals surface area (Å²) in [5.41, 5.74) is 4.36. The molecule has 1 amide bonds. The number of piperidine rings is 1. The van der Waals surface area contributed by atoms with E-state index in [1.807, 2.05) is 38.1 Å². The van der Waals surface area contributed by atoms with Gasteiger partial charge in [-0.05, 0) is 103 Å². The Morgan fingerprint density at radius 1 is 0.979 bits per heavy atom. The van der Waals surface area contributed by atoms with E-state index in [2.05, 4.69) is 28.4 Å². The van der Waals surface area contributed by atoms with E-state index in [9.17, 15) is 18.0 Å². The van der Waals surface area contributed by atoms with Crippen LogP contribution >= 0.6 is 0 Å². The van der Waals surface area contributed by atoms with Crippen molar-refractivity contribution in [1.29, 1.82) is 0 Å². The number of benzene rings is 3. The molecule has 1 saturated heterocycles. The van der Waals surface area contributed by atoms with Crippen molar-refractivity contribution in [3.8, 4) is 16.9 Å². The van der Waals surface area contributed by atoms with Crippen LogP contribution in [0.4, 0.5) is 19.0 Å². The van der Waals surface area contributed by atoms with E-state index in [1.165, 1.54) is 50.7 Å². The van der Waals surface area contributed by atoms with Crippen LogP contribution in [0.3, 0.4) is 0 Å². The lowest BCUT2D eigenvalue weighted by Gasteiger charge is -2.32. The molecule has 3 unspecified atom stereocenters. The zero-order valence-corrected chi connectivity index (χ0v) is 27.1. The smallest absolute Gasteiger partial charge is 0.416 e. The second-order valence-electron chi connectivity index (χ2n) is 13.7. The van der Waals surface area contributed by atoms with E-state index in [1.54, 1.807) is 0 Å². The molecule has 2 heterocycles. The van der Waals surface area contributed by atoms with Gasteiger partial charge in [0.05, 0.1) is 23.3 Å². The number of anilines is 1. The number of nitrogens with zero attached hydrogens (tertiary/aromatic N) is 2. The lowest BCUT2D eigenvalue weighted by molar-refractivity contribution is -0.137. The quantitative estimate of drug-likeness (QED) is 0.198. The van der Waals surface area contributed by atoms with Gasteiger partial charge in [-0.2, -0.15) is 13.2 Å².